The van der Waals surface area contributed by atoms with Crippen LogP contribution in [-0.4, -0.2) is 73.6 Å². The number of amides is 2. The highest BCUT2D eigenvalue weighted by atomic mass is 32.2. The van der Waals surface area contributed by atoms with Crippen molar-refractivity contribution >= 4 is 21.8 Å². The molecule has 0 radical (unpaired) electrons. The van der Waals surface area contributed by atoms with Gasteiger partial charge in [0.2, 0.25) is 10.0 Å². The van der Waals surface area contributed by atoms with Gasteiger partial charge < -0.3 is 9.80 Å². The average molecular weight is 430 g/mol. The summed E-state index contributed by atoms with van der Waals surface area (Å²) in [5.74, 6) is -0.205. The Morgan fingerprint density at radius 2 is 1.40 bits per heavy atom. The Hall–Kier alpha value is -2.71. The van der Waals surface area contributed by atoms with Crippen LogP contribution in [0.4, 0.5) is 0 Å². The summed E-state index contributed by atoms with van der Waals surface area (Å²) < 4.78 is 27.4. The van der Waals surface area contributed by atoms with Gasteiger partial charge in [-0.2, -0.15) is 4.31 Å². The summed E-state index contributed by atoms with van der Waals surface area (Å²) >= 11 is 0. The van der Waals surface area contributed by atoms with E-state index in [0.29, 0.717) is 37.3 Å². The third-order valence-electron chi connectivity index (χ3n) is 5.34. The molecule has 2 aromatic rings. The van der Waals surface area contributed by atoms with Crippen LogP contribution in [0.25, 0.3) is 0 Å². The average Bonchev–Trinajstić information content (AvgIpc) is 2.80. The highest BCUT2D eigenvalue weighted by Gasteiger charge is 2.30. The fourth-order valence-corrected chi connectivity index (χ4v) is 4.93. The molecule has 1 saturated heterocycles. The van der Waals surface area contributed by atoms with Crippen LogP contribution >= 0.6 is 0 Å². The maximum absolute atomic E-state index is 13.0. The number of piperazine rings is 1. The zero-order valence-corrected chi connectivity index (χ0v) is 18.1. The molecule has 0 N–H and O–H groups in total. The SMILES string of the molecule is CCN(CC)C(=O)c1ccc(S(=O)(=O)N2CCN(C(=O)c3ccccc3)CC2)cc1. The molecule has 2 aromatic carbocycles. The van der Waals surface area contributed by atoms with E-state index < -0.39 is 10.0 Å². The number of benzene rings is 2. The molecule has 160 valence electrons. The van der Waals surface area contributed by atoms with E-state index in [1.54, 1.807) is 34.1 Å². The maximum Gasteiger partial charge on any atom is 0.253 e. The molecule has 0 spiro atoms. The van der Waals surface area contributed by atoms with Crippen molar-refractivity contribution in [3.05, 3.63) is 65.7 Å². The Balaban J connectivity index is 1.67. The Morgan fingerprint density at radius 3 is 1.93 bits per heavy atom. The molecule has 1 aliphatic rings. The quantitative estimate of drug-likeness (QED) is 0.706. The third kappa shape index (κ3) is 4.55. The van der Waals surface area contributed by atoms with Gasteiger partial charge in [-0.05, 0) is 50.2 Å². The smallest absolute Gasteiger partial charge is 0.253 e. The van der Waals surface area contributed by atoms with Crippen molar-refractivity contribution in [2.24, 2.45) is 0 Å². The van der Waals surface area contributed by atoms with Crippen LogP contribution in [-0.2, 0) is 10.0 Å². The second-order valence-electron chi connectivity index (χ2n) is 7.06. The first-order valence-corrected chi connectivity index (χ1v) is 11.6. The van der Waals surface area contributed by atoms with Gasteiger partial charge in [-0.3, -0.25) is 9.59 Å². The van der Waals surface area contributed by atoms with Crippen molar-refractivity contribution in [2.45, 2.75) is 18.7 Å². The summed E-state index contributed by atoms with van der Waals surface area (Å²) in [5, 5.41) is 0. The van der Waals surface area contributed by atoms with Crippen LogP contribution in [0.1, 0.15) is 34.6 Å². The highest BCUT2D eigenvalue weighted by Crippen LogP contribution is 2.20. The van der Waals surface area contributed by atoms with Crippen molar-refractivity contribution in [1.82, 2.24) is 14.1 Å². The molecular formula is C22H27N3O4S. The van der Waals surface area contributed by atoms with Gasteiger partial charge in [-0.25, -0.2) is 8.42 Å². The summed E-state index contributed by atoms with van der Waals surface area (Å²) in [6, 6.07) is 15.1. The number of hydrogen-bond acceptors (Lipinski definition) is 4. The predicted octanol–water partition coefficient (Wildman–Crippen LogP) is 2.32. The lowest BCUT2D eigenvalue weighted by Crippen LogP contribution is -2.50. The van der Waals surface area contributed by atoms with Gasteiger partial charge in [0.05, 0.1) is 4.90 Å². The van der Waals surface area contributed by atoms with Gasteiger partial charge in [0.15, 0.2) is 0 Å². The van der Waals surface area contributed by atoms with E-state index in [1.807, 2.05) is 32.0 Å². The van der Waals surface area contributed by atoms with Crippen LogP contribution < -0.4 is 0 Å². The number of hydrogen-bond donors (Lipinski definition) is 0. The molecular weight excluding hydrogens is 402 g/mol. The van der Waals surface area contributed by atoms with E-state index in [1.165, 1.54) is 16.4 Å². The van der Waals surface area contributed by atoms with Crippen molar-refractivity contribution in [1.29, 1.82) is 0 Å². The number of carbonyl (C=O) groups excluding carboxylic acids is 2. The Kier molecular flexibility index (Phi) is 6.89. The van der Waals surface area contributed by atoms with Crippen LogP contribution in [0.3, 0.4) is 0 Å². The minimum atomic E-state index is -3.68. The maximum atomic E-state index is 13.0. The van der Waals surface area contributed by atoms with Crippen LogP contribution in [0.15, 0.2) is 59.5 Å². The molecule has 0 atom stereocenters. The van der Waals surface area contributed by atoms with Crippen molar-refractivity contribution < 1.29 is 18.0 Å². The fourth-order valence-electron chi connectivity index (χ4n) is 3.51. The van der Waals surface area contributed by atoms with Gasteiger partial charge in [0.1, 0.15) is 0 Å². The van der Waals surface area contributed by atoms with E-state index >= 15 is 0 Å². The molecule has 7 nitrogen and oxygen atoms in total. The Bertz CT molecular complexity index is 979. The number of rotatable bonds is 6. The van der Waals surface area contributed by atoms with Gasteiger partial charge in [-0.1, -0.05) is 18.2 Å². The summed E-state index contributed by atoms with van der Waals surface area (Å²) in [6.07, 6.45) is 0. The van der Waals surface area contributed by atoms with Gasteiger partial charge >= 0.3 is 0 Å². The molecule has 30 heavy (non-hydrogen) atoms. The van der Waals surface area contributed by atoms with Crippen molar-refractivity contribution in [3.63, 3.8) is 0 Å². The standard InChI is InChI=1S/C22H27N3O4S/c1-3-23(4-2)21(26)19-10-12-20(13-11-19)30(28,29)25-16-14-24(15-17-25)22(27)18-8-6-5-7-9-18/h5-13H,3-4,14-17H2,1-2H3. The summed E-state index contributed by atoms with van der Waals surface area (Å²) in [4.78, 5) is 28.5. The number of nitrogens with zero attached hydrogens (tertiary/aromatic N) is 3. The summed E-state index contributed by atoms with van der Waals surface area (Å²) in [6.45, 7) is 6.16. The Morgan fingerprint density at radius 1 is 0.833 bits per heavy atom. The first kappa shape index (κ1) is 22.0. The molecule has 1 aliphatic heterocycles. The first-order chi connectivity index (χ1) is 14.4. The molecule has 0 saturated carbocycles. The molecule has 0 aromatic heterocycles. The van der Waals surface area contributed by atoms with Gasteiger partial charge in [0.25, 0.3) is 11.8 Å². The monoisotopic (exact) mass is 429 g/mol. The second-order valence-corrected chi connectivity index (χ2v) is 9.00. The van der Waals surface area contributed by atoms with Crippen LogP contribution in [0.5, 0.6) is 0 Å². The molecule has 0 aliphatic carbocycles. The molecule has 2 amide bonds. The topological polar surface area (TPSA) is 78.0 Å². The third-order valence-corrected chi connectivity index (χ3v) is 7.25. The molecule has 3 rings (SSSR count). The summed E-state index contributed by atoms with van der Waals surface area (Å²) in [5.41, 5.74) is 1.07. The minimum absolute atomic E-state index is 0.0908. The number of sulfonamides is 1. The van der Waals surface area contributed by atoms with E-state index in [9.17, 15) is 18.0 Å². The lowest BCUT2D eigenvalue weighted by Gasteiger charge is -2.34. The molecule has 0 bridgehead atoms. The van der Waals surface area contributed by atoms with E-state index in [4.69, 9.17) is 0 Å². The normalized spacial score (nSPS) is 15.1. The van der Waals surface area contributed by atoms with Crippen LogP contribution in [0, 0.1) is 0 Å². The molecule has 8 heteroatoms. The largest absolute Gasteiger partial charge is 0.339 e. The van der Waals surface area contributed by atoms with E-state index in [-0.39, 0.29) is 29.8 Å². The van der Waals surface area contributed by atoms with Gasteiger partial charge in [-0.15, -0.1) is 0 Å². The lowest BCUT2D eigenvalue weighted by atomic mass is 10.2. The fraction of sp³-hybridized carbons (Fsp3) is 0.364. The van der Waals surface area contributed by atoms with Crippen molar-refractivity contribution in [2.75, 3.05) is 39.3 Å². The summed E-state index contributed by atoms with van der Waals surface area (Å²) in [7, 11) is -3.68. The van der Waals surface area contributed by atoms with Gasteiger partial charge in [0, 0.05) is 50.4 Å². The van der Waals surface area contributed by atoms with Crippen LogP contribution in [0.2, 0.25) is 0 Å². The van der Waals surface area contributed by atoms with Crippen molar-refractivity contribution in [3.8, 4) is 0 Å². The second kappa shape index (κ2) is 9.40. The predicted molar refractivity (Wildman–Crippen MR) is 115 cm³/mol. The molecule has 1 heterocycles. The highest BCUT2D eigenvalue weighted by molar-refractivity contribution is 7.89. The van der Waals surface area contributed by atoms with E-state index in [0.717, 1.165) is 0 Å². The lowest BCUT2D eigenvalue weighted by molar-refractivity contribution is 0.0697. The minimum Gasteiger partial charge on any atom is -0.339 e. The molecule has 0 unspecified atom stereocenters. The first-order valence-electron chi connectivity index (χ1n) is 10.1. The zero-order valence-electron chi connectivity index (χ0n) is 17.3. The number of carbonyl (C=O) groups is 2. The zero-order chi connectivity index (χ0) is 21.7. The Labute approximate surface area is 177 Å². The molecule has 1 fully saturated rings. The van der Waals surface area contributed by atoms with E-state index in [2.05, 4.69) is 0 Å².